The first kappa shape index (κ1) is 16.1. The molecule has 0 aromatic carbocycles. The third kappa shape index (κ3) is 5.25. The van der Waals surface area contributed by atoms with Gasteiger partial charge in [0.25, 0.3) is 0 Å². The average Bonchev–Trinajstić information content (AvgIpc) is 2.37. The van der Waals surface area contributed by atoms with E-state index in [1.165, 1.54) is 12.0 Å². The van der Waals surface area contributed by atoms with Gasteiger partial charge in [-0.1, -0.05) is 6.92 Å². The van der Waals surface area contributed by atoms with E-state index in [9.17, 15) is 0 Å². The van der Waals surface area contributed by atoms with Crippen LogP contribution in [-0.4, -0.2) is 36.3 Å². The topological polar surface area (TPSA) is 47.0 Å². The molecule has 0 amide bonds. The van der Waals surface area contributed by atoms with Crippen LogP contribution in [0.1, 0.15) is 43.0 Å². The molecule has 0 aliphatic heterocycles. The largest absolute Gasteiger partial charge is 0.381 e. The second-order valence-corrected chi connectivity index (χ2v) is 5.04. The molecular weight excluding hydrogens is 238 g/mol. The van der Waals surface area contributed by atoms with Gasteiger partial charge in [0.2, 0.25) is 0 Å². The normalized spacial score (nSPS) is 12.7. The molecule has 19 heavy (non-hydrogen) atoms. The SMILES string of the molecule is CCCNCCc1c(C)nc(CC(C)OC)nc1C. The highest BCUT2D eigenvalue weighted by molar-refractivity contribution is 5.24. The Kier molecular flexibility index (Phi) is 6.95. The number of methoxy groups -OCH3 is 1. The Bertz CT molecular complexity index is 370. The molecule has 0 saturated carbocycles. The van der Waals surface area contributed by atoms with Crippen molar-refractivity contribution in [1.82, 2.24) is 15.3 Å². The monoisotopic (exact) mass is 265 g/mol. The van der Waals surface area contributed by atoms with Crippen LogP contribution >= 0.6 is 0 Å². The van der Waals surface area contributed by atoms with Gasteiger partial charge in [-0.2, -0.15) is 0 Å². The van der Waals surface area contributed by atoms with Gasteiger partial charge in [0.1, 0.15) is 5.82 Å². The fourth-order valence-electron chi connectivity index (χ4n) is 2.12. The Morgan fingerprint density at radius 2 is 1.79 bits per heavy atom. The molecular formula is C15H27N3O. The molecule has 0 spiro atoms. The first-order valence-corrected chi connectivity index (χ1v) is 7.15. The average molecular weight is 265 g/mol. The van der Waals surface area contributed by atoms with Gasteiger partial charge in [-0.25, -0.2) is 9.97 Å². The third-order valence-electron chi connectivity index (χ3n) is 3.32. The lowest BCUT2D eigenvalue weighted by molar-refractivity contribution is 0.117. The number of aromatic nitrogens is 2. The zero-order valence-electron chi connectivity index (χ0n) is 12.9. The second-order valence-electron chi connectivity index (χ2n) is 5.04. The van der Waals surface area contributed by atoms with Crippen LogP contribution in [0.25, 0.3) is 0 Å². The summed E-state index contributed by atoms with van der Waals surface area (Å²) in [5.41, 5.74) is 3.48. The van der Waals surface area contributed by atoms with E-state index >= 15 is 0 Å². The molecule has 1 aromatic heterocycles. The fourth-order valence-corrected chi connectivity index (χ4v) is 2.12. The molecule has 0 radical (unpaired) electrons. The first-order chi connectivity index (χ1) is 9.08. The van der Waals surface area contributed by atoms with Gasteiger partial charge in [-0.15, -0.1) is 0 Å². The van der Waals surface area contributed by atoms with Crippen LogP contribution in [-0.2, 0) is 17.6 Å². The summed E-state index contributed by atoms with van der Waals surface area (Å²) < 4.78 is 5.27. The van der Waals surface area contributed by atoms with Crippen molar-refractivity contribution in [1.29, 1.82) is 0 Å². The van der Waals surface area contributed by atoms with Crippen molar-refractivity contribution >= 4 is 0 Å². The van der Waals surface area contributed by atoms with Crippen molar-refractivity contribution in [3.63, 3.8) is 0 Å². The van der Waals surface area contributed by atoms with E-state index in [-0.39, 0.29) is 6.10 Å². The Hall–Kier alpha value is -1.00. The molecule has 4 nitrogen and oxygen atoms in total. The van der Waals surface area contributed by atoms with Gasteiger partial charge in [0.05, 0.1) is 6.10 Å². The van der Waals surface area contributed by atoms with E-state index in [0.29, 0.717) is 0 Å². The molecule has 4 heteroatoms. The smallest absolute Gasteiger partial charge is 0.131 e. The van der Waals surface area contributed by atoms with E-state index in [0.717, 1.165) is 43.1 Å². The molecule has 1 atom stereocenters. The summed E-state index contributed by atoms with van der Waals surface area (Å²) >= 11 is 0. The number of hydrogen-bond donors (Lipinski definition) is 1. The number of nitrogens with one attached hydrogen (secondary N) is 1. The fraction of sp³-hybridized carbons (Fsp3) is 0.733. The first-order valence-electron chi connectivity index (χ1n) is 7.15. The lowest BCUT2D eigenvalue weighted by Gasteiger charge is -2.13. The van der Waals surface area contributed by atoms with Crippen LogP contribution in [0.4, 0.5) is 0 Å². The lowest BCUT2D eigenvalue weighted by Crippen LogP contribution is -2.20. The summed E-state index contributed by atoms with van der Waals surface area (Å²) in [5.74, 6) is 0.884. The third-order valence-corrected chi connectivity index (χ3v) is 3.32. The highest BCUT2D eigenvalue weighted by atomic mass is 16.5. The van der Waals surface area contributed by atoms with Crippen molar-refractivity contribution in [2.75, 3.05) is 20.2 Å². The van der Waals surface area contributed by atoms with Crippen LogP contribution in [0.15, 0.2) is 0 Å². The highest BCUT2D eigenvalue weighted by Crippen LogP contribution is 2.12. The Balaban J connectivity index is 2.68. The van der Waals surface area contributed by atoms with Crippen molar-refractivity contribution in [3.05, 3.63) is 22.8 Å². The zero-order valence-corrected chi connectivity index (χ0v) is 12.9. The Morgan fingerprint density at radius 3 is 2.32 bits per heavy atom. The zero-order chi connectivity index (χ0) is 14.3. The highest BCUT2D eigenvalue weighted by Gasteiger charge is 2.10. The minimum absolute atomic E-state index is 0.163. The molecule has 1 N–H and O–H groups in total. The second kappa shape index (κ2) is 8.23. The van der Waals surface area contributed by atoms with Crippen molar-refractivity contribution in [3.8, 4) is 0 Å². The van der Waals surface area contributed by atoms with E-state index in [4.69, 9.17) is 4.74 Å². The van der Waals surface area contributed by atoms with Crippen LogP contribution < -0.4 is 5.32 Å². The van der Waals surface area contributed by atoms with Crippen LogP contribution in [0.3, 0.4) is 0 Å². The lowest BCUT2D eigenvalue weighted by atomic mass is 10.1. The van der Waals surface area contributed by atoms with Crippen molar-refractivity contribution in [2.45, 2.75) is 53.1 Å². The van der Waals surface area contributed by atoms with E-state index in [1.807, 2.05) is 6.92 Å². The summed E-state index contributed by atoms with van der Waals surface area (Å²) in [6.45, 7) is 10.4. The minimum Gasteiger partial charge on any atom is -0.381 e. The molecule has 0 aliphatic carbocycles. The van der Waals surface area contributed by atoms with E-state index in [2.05, 4.69) is 36.1 Å². The van der Waals surface area contributed by atoms with Crippen LogP contribution in [0.2, 0.25) is 0 Å². The molecule has 0 bridgehead atoms. The van der Waals surface area contributed by atoms with Crippen LogP contribution in [0, 0.1) is 13.8 Å². The molecule has 108 valence electrons. The van der Waals surface area contributed by atoms with Gasteiger partial charge >= 0.3 is 0 Å². The summed E-state index contributed by atoms with van der Waals surface area (Å²) in [7, 11) is 1.72. The summed E-state index contributed by atoms with van der Waals surface area (Å²) in [6.07, 6.45) is 3.10. The predicted molar refractivity (Wildman–Crippen MR) is 78.5 cm³/mol. The quantitative estimate of drug-likeness (QED) is 0.732. The molecule has 0 saturated heterocycles. The number of ether oxygens (including phenoxy) is 1. The Morgan fingerprint density at radius 1 is 1.16 bits per heavy atom. The predicted octanol–water partition coefficient (Wildman–Crippen LogP) is 2.21. The molecule has 0 fully saturated rings. The Labute approximate surface area is 117 Å². The molecule has 1 heterocycles. The standard InChI is InChI=1S/C15H27N3O/c1-6-8-16-9-7-14-12(3)17-15(18-13(14)4)10-11(2)19-5/h11,16H,6-10H2,1-5H3. The number of nitrogens with zero attached hydrogens (tertiary/aromatic N) is 2. The summed E-state index contributed by atoms with van der Waals surface area (Å²) in [6, 6.07) is 0. The van der Waals surface area contributed by atoms with Gasteiger partial charge in [-0.05, 0) is 52.3 Å². The molecule has 1 rings (SSSR count). The maximum Gasteiger partial charge on any atom is 0.131 e. The van der Waals surface area contributed by atoms with Gasteiger partial charge in [0.15, 0.2) is 0 Å². The number of aryl methyl sites for hydroxylation is 2. The van der Waals surface area contributed by atoms with Crippen LogP contribution in [0.5, 0.6) is 0 Å². The summed E-state index contributed by atoms with van der Waals surface area (Å²) in [5, 5.41) is 3.42. The van der Waals surface area contributed by atoms with Crippen molar-refractivity contribution < 1.29 is 4.74 Å². The van der Waals surface area contributed by atoms with E-state index < -0.39 is 0 Å². The van der Waals surface area contributed by atoms with Crippen molar-refractivity contribution in [2.24, 2.45) is 0 Å². The molecule has 1 aromatic rings. The molecule has 1 unspecified atom stereocenters. The van der Waals surface area contributed by atoms with Gasteiger partial charge in [0, 0.05) is 24.9 Å². The maximum atomic E-state index is 5.27. The molecule has 0 aliphatic rings. The van der Waals surface area contributed by atoms with E-state index in [1.54, 1.807) is 7.11 Å². The summed E-state index contributed by atoms with van der Waals surface area (Å²) in [4.78, 5) is 9.20. The number of hydrogen-bond acceptors (Lipinski definition) is 4. The number of rotatable bonds is 8. The maximum absolute atomic E-state index is 5.27. The van der Waals surface area contributed by atoms with Gasteiger partial charge < -0.3 is 10.1 Å². The van der Waals surface area contributed by atoms with Gasteiger partial charge in [-0.3, -0.25) is 0 Å². The minimum atomic E-state index is 0.163.